The van der Waals surface area contributed by atoms with Gasteiger partial charge in [0.25, 0.3) is 0 Å². The zero-order valence-corrected chi connectivity index (χ0v) is 13.1. The number of rotatable bonds is 4. The number of benzene rings is 1. The quantitative estimate of drug-likeness (QED) is 0.901. The predicted octanol–water partition coefficient (Wildman–Crippen LogP) is 4.48. The molecule has 0 bridgehead atoms. The Kier molecular flexibility index (Phi) is 4.61. The largest absolute Gasteiger partial charge is 0.364 e. The maximum Gasteiger partial charge on any atom is 0.152 e. The van der Waals surface area contributed by atoms with Crippen molar-refractivity contribution in [3.05, 3.63) is 51.7 Å². The van der Waals surface area contributed by atoms with Crippen molar-refractivity contribution >= 4 is 17.4 Å². The SMILES string of the molecule is Cc1c(NCc2ccc(Cl)cc2)nnc(C(C)C)c1C. The fourth-order valence-corrected chi connectivity index (χ4v) is 2.25. The number of hydrogen-bond acceptors (Lipinski definition) is 3. The highest BCUT2D eigenvalue weighted by Gasteiger charge is 2.11. The van der Waals surface area contributed by atoms with Crippen molar-refractivity contribution in [1.82, 2.24) is 10.2 Å². The Morgan fingerprint density at radius 3 is 2.30 bits per heavy atom. The second-order valence-corrected chi connectivity index (χ2v) is 5.76. The van der Waals surface area contributed by atoms with Gasteiger partial charge in [-0.25, -0.2) is 0 Å². The highest BCUT2D eigenvalue weighted by Crippen LogP contribution is 2.23. The molecule has 0 fully saturated rings. The van der Waals surface area contributed by atoms with Gasteiger partial charge in [0.2, 0.25) is 0 Å². The lowest BCUT2D eigenvalue weighted by Crippen LogP contribution is -2.09. The van der Waals surface area contributed by atoms with Gasteiger partial charge in [0.15, 0.2) is 5.82 Å². The summed E-state index contributed by atoms with van der Waals surface area (Å²) in [5.74, 6) is 1.24. The van der Waals surface area contributed by atoms with E-state index in [1.165, 1.54) is 11.1 Å². The first kappa shape index (κ1) is 14.8. The van der Waals surface area contributed by atoms with Crippen LogP contribution in [0, 0.1) is 13.8 Å². The summed E-state index contributed by atoms with van der Waals surface area (Å²) in [4.78, 5) is 0. The van der Waals surface area contributed by atoms with Gasteiger partial charge in [-0.2, -0.15) is 5.10 Å². The molecule has 0 amide bonds. The second-order valence-electron chi connectivity index (χ2n) is 5.32. The van der Waals surface area contributed by atoms with E-state index in [4.69, 9.17) is 11.6 Å². The van der Waals surface area contributed by atoms with E-state index in [-0.39, 0.29) is 0 Å². The molecule has 1 aromatic heterocycles. The van der Waals surface area contributed by atoms with Crippen molar-refractivity contribution in [2.45, 2.75) is 40.2 Å². The maximum atomic E-state index is 5.88. The normalized spacial score (nSPS) is 10.9. The number of hydrogen-bond donors (Lipinski definition) is 1. The molecular formula is C16H20ClN3. The van der Waals surface area contributed by atoms with Gasteiger partial charge in [-0.15, -0.1) is 5.10 Å². The summed E-state index contributed by atoms with van der Waals surface area (Å²) >= 11 is 5.88. The molecule has 0 atom stereocenters. The minimum absolute atomic E-state index is 0.395. The Bertz CT molecular complexity index is 591. The van der Waals surface area contributed by atoms with Crippen molar-refractivity contribution < 1.29 is 0 Å². The van der Waals surface area contributed by atoms with E-state index in [9.17, 15) is 0 Å². The van der Waals surface area contributed by atoms with E-state index >= 15 is 0 Å². The molecule has 3 nitrogen and oxygen atoms in total. The standard InChI is InChI=1S/C16H20ClN3/c1-10(2)15-11(3)12(4)16(20-19-15)18-9-13-5-7-14(17)8-6-13/h5-8,10H,9H2,1-4H3,(H,18,20). The first-order valence-corrected chi connectivity index (χ1v) is 7.19. The molecule has 0 spiro atoms. The zero-order valence-electron chi connectivity index (χ0n) is 12.4. The molecule has 0 aliphatic rings. The second kappa shape index (κ2) is 6.23. The molecule has 0 aliphatic carbocycles. The summed E-state index contributed by atoms with van der Waals surface area (Å²) in [6.07, 6.45) is 0. The molecular weight excluding hydrogens is 270 g/mol. The average molecular weight is 290 g/mol. The predicted molar refractivity (Wildman–Crippen MR) is 84.4 cm³/mol. The molecule has 0 saturated carbocycles. The Hall–Kier alpha value is -1.61. The van der Waals surface area contributed by atoms with Gasteiger partial charge in [0.1, 0.15) is 0 Å². The summed E-state index contributed by atoms with van der Waals surface area (Å²) in [7, 11) is 0. The van der Waals surface area contributed by atoms with Crippen LogP contribution >= 0.6 is 11.6 Å². The Balaban J connectivity index is 2.14. The molecule has 1 heterocycles. The lowest BCUT2D eigenvalue weighted by Gasteiger charge is -2.14. The molecule has 0 saturated heterocycles. The smallest absolute Gasteiger partial charge is 0.152 e. The fourth-order valence-electron chi connectivity index (χ4n) is 2.13. The summed E-state index contributed by atoms with van der Waals surface area (Å²) in [5, 5.41) is 12.7. The van der Waals surface area contributed by atoms with Gasteiger partial charge in [-0.3, -0.25) is 0 Å². The van der Waals surface area contributed by atoms with Gasteiger partial charge in [-0.1, -0.05) is 37.6 Å². The molecule has 2 aromatic rings. The monoisotopic (exact) mass is 289 g/mol. The van der Waals surface area contributed by atoms with Crippen LogP contribution in [-0.2, 0) is 6.54 Å². The molecule has 0 unspecified atom stereocenters. The highest BCUT2D eigenvalue weighted by atomic mass is 35.5. The van der Waals surface area contributed by atoms with Crippen molar-refractivity contribution in [3.8, 4) is 0 Å². The Labute approximate surface area is 125 Å². The van der Waals surface area contributed by atoms with Crippen LogP contribution in [0.2, 0.25) is 5.02 Å². The topological polar surface area (TPSA) is 37.8 Å². The number of aromatic nitrogens is 2. The number of anilines is 1. The number of halogens is 1. The van der Waals surface area contributed by atoms with Gasteiger partial charge in [-0.05, 0) is 48.6 Å². The highest BCUT2D eigenvalue weighted by molar-refractivity contribution is 6.30. The zero-order chi connectivity index (χ0) is 14.7. The number of nitrogens with one attached hydrogen (secondary N) is 1. The first-order chi connectivity index (χ1) is 9.49. The summed E-state index contributed by atoms with van der Waals surface area (Å²) < 4.78 is 0. The van der Waals surface area contributed by atoms with Crippen LogP contribution in [0.4, 0.5) is 5.82 Å². The van der Waals surface area contributed by atoms with Crippen molar-refractivity contribution in [2.75, 3.05) is 5.32 Å². The third kappa shape index (κ3) is 3.28. The summed E-state index contributed by atoms with van der Waals surface area (Å²) in [5.41, 5.74) is 4.62. The Morgan fingerprint density at radius 2 is 1.70 bits per heavy atom. The summed E-state index contributed by atoms with van der Waals surface area (Å²) in [6.45, 7) is 9.18. The molecule has 0 aliphatic heterocycles. The molecule has 4 heteroatoms. The van der Waals surface area contributed by atoms with E-state index in [0.29, 0.717) is 12.5 Å². The Morgan fingerprint density at radius 1 is 1.05 bits per heavy atom. The molecule has 0 radical (unpaired) electrons. The van der Waals surface area contributed by atoms with E-state index in [1.807, 2.05) is 24.3 Å². The fraction of sp³-hybridized carbons (Fsp3) is 0.375. The van der Waals surface area contributed by atoms with Gasteiger partial charge in [0.05, 0.1) is 5.69 Å². The lowest BCUT2D eigenvalue weighted by atomic mass is 10.0. The lowest BCUT2D eigenvalue weighted by molar-refractivity contribution is 0.769. The van der Waals surface area contributed by atoms with E-state index in [1.54, 1.807) is 0 Å². The van der Waals surface area contributed by atoms with E-state index in [0.717, 1.165) is 22.1 Å². The van der Waals surface area contributed by atoms with Crippen molar-refractivity contribution in [3.63, 3.8) is 0 Å². The molecule has 2 rings (SSSR count). The minimum Gasteiger partial charge on any atom is -0.364 e. The van der Waals surface area contributed by atoms with Crippen LogP contribution in [0.25, 0.3) is 0 Å². The van der Waals surface area contributed by atoms with E-state index < -0.39 is 0 Å². The number of nitrogens with zero attached hydrogens (tertiary/aromatic N) is 2. The third-order valence-electron chi connectivity index (χ3n) is 3.48. The molecule has 1 aromatic carbocycles. The minimum atomic E-state index is 0.395. The van der Waals surface area contributed by atoms with Gasteiger partial charge < -0.3 is 5.32 Å². The molecule has 20 heavy (non-hydrogen) atoms. The van der Waals surface area contributed by atoms with Crippen LogP contribution in [0.15, 0.2) is 24.3 Å². The average Bonchev–Trinajstić information content (AvgIpc) is 2.42. The van der Waals surface area contributed by atoms with E-state index in [2.05, 4.69) is 43.2 Å². The van der Waals surface area contributed by atoms with Crippen LogP contribution in [0.5, 0.6) is 0 Å². The molecule has 106 valence electrons. The van der Waals surface area contributed by atoms with Gasteiger partial charge in [0, 0.05) is 11.6 Å². The van der Waals surface area contributed by atoms with Gasteiger partial charge >= 0.3 is 0 Å². The van der Waals surface area contributed by atoms with Crippen LogP contribution in [-0.4, -0.2) is 10.2 Å². The van der Waals surface area contributed by atoms with Crippen molar-refractivity contribution in [2.24, 2.45) is 0 Å². The molecule has 1 N–H and O–H groups in total. The maximum absolute atomic E-state index is 5.88. The van der Waals surface area contributed by atoms with Crippen LogP contribution in [0.3, 0.4) is 0 Å². The van der Waals surface area contributed by atoms with Crippen molar-refractivity contribution in [1.29, 1.82) is 0 Å². The van der Waals surface area contributed by atoms with Crippen LogP contribution in [0.1, 0.15) is 42.1 Å². The third-order valence-corrected chi connectivity index (χ3v) is 3.73. The summed E-state index contributed by atoms with van der Waals surface area (Å²) in [6, 6.07) is 7.80. The first-order valence-electron chi connectivity index (χ1n) is 6.81. The van der Waals surface area contributed by atoms with Crippen LogP contribution < -0.4 is 5.32 Å².